The molecule has 8 heteroatoms. The van der Waals surface area contributed by atoms with Crippen LogP contribution in [0.5, 0.6) is 0 Å². The lowest BCUT2D eigenvalue weighted by Gasteiger charge is -2.08. The molecule has 1 aromatic carbocycles. The minimum atomic E-state index is -3.28. The number of hydrogen-bond donors (Lipinski definition) is 2. The van der Waals surface area contributed by atoms with E-state index in [9.17, 15) is 8.42 Å². The van der Waals surface area contributed by atoms with Gasteiger partial charge in [-0.15, -0.1) is 11.3 Å². The van der Waals surface area contributed by atoms with E-state index < -0.39 is 10.0 Å². The highest BCUT2D eigenvalue weighted by Gasteiger charge is 2.10. The van der Waals surface area contributed by atoms with Crippen LogP contribution in [0.2, 0.25) is 0 Å². The van der Waals surface area contributed by atoms with Gasteiger partial charge in [-0.2, -0.15) is 0 Å². The monoisotopic (exact) mass is 388 g/mol. The summed E-state index contributed by atoms with van der Waals surface area (Å²) in [6, 6.07) is 11.0. The van der Waals surface area contributed by atoms with E-state index in [1.165, 1.54) is 11.3 Å². The van der Waals surface area contributed by atoms with Crippen LogP contribution in [0, 0.1) is 0 Å². The largest absolute Gasteiger partial charge is 0.330 e. The summed E-state index contributed by atoms with van der Waals surface area (Å²) in [6.07, 6.45) is 4.95. The molecule has 0 aliphatic heterocycles. The lowest BCUT2D eigenvalue weighted by Crippen LogP contribution is -2.16. The molecule has 0 bridgehead atoms. The molecule has 0 radical (unpaired) electrons. The molecule has 0 saturated heterocycles. The molecule has 0 saturated carbocycles. The first-order valence-corrected chi connectivity index (χ1v) is 10.8. The first kappa shape index (κ1) is 18.3. The minimum absolute atomic E-state index is 0.140. The lowest BCUT2D eigenvalue weighted by atomic mass is 10.1. The van der Waals surface area contributed by atoms with Crippen LogP contribution in [0.4, 0.5) is 16.5 Å². The SMILES string of the molecule is CCCCS(=O)(=O)Nc1ccc(-c2csc(Nc3cccnc3)n2)cc1. The third-order valence-electron chi connectivity index (χ3n) is 3.64. The maximum absolute atomic E-state index is 12.0. The van der Waals surface area contributed by atoms with Crippen molar-refractivity contribution < 1.29 is 8.42 Å². The van der Waals surface area contributed by atoms with E-state index in [4.69, 9.17) is 0 Å². The van der Waals surface area contributed by atoms with Crippen molar-refractivity contribution >= 4 is 37.9 Å². The van der Waals surface area contributed by atoms with Gasteiger partial charge in [0.25, 0.3) is 0 Å². The molecule has 3 aromatic rings. The van der Waals surface area contributed by atoms with Gasteiger partial charge in [0.1, 0.15) is 0 Å². The molecular weight excluding hydrogens is 368 g/mol. The summed E-state index contributed by atoms with van der Waals surface area (Å²) in [7, 11) is -3.28. The molecule has 3 rings (SSSR count). The van der Waals surface area contributed by atoms with Crippen molar-refractivity contribution in [2.24, 2.45) is 0 Å². The molecule has 6 nitrogen and oxygen atoms in total. The van der Waals surface area contributed by atoms with Crippen LogP contribution in [0.3, 0.4) is 0 Å². The Hall–Kier alpha value is -2.45. The first-order valence-electron chi connectivity index (χ1n) is 8.29. The number of anilines is 3. The minimum Gasteiger partial charge on any atom is -0.330 e. The quantitative estimate of drug-likeness (QED) is 0.594. The molecular formula is C18H20N4O2S2. The summed E-state index contributed by atoms with van der Waals surface area (Å²) >= 11 is 1.50. The van der Waals surface area contributed by atoms with E-state index in [1.807, 2.05) is 36.6 Å². The summed E-state index contributed by atoms with van der Waals surface area (Å²) in [5.41, 5.74) is 3.21. The second kappa shape index (κ2) is 8.29. The highest BCUT2D eigenvalue weighted by molar-refractivity contribution is 7.92. The van der Waals surface area contributed by atoms with Crippen LogP contribution in [0.15, 0.2) is 54.2 Å². The van der Waals surface area contributed by atoms with Gasteiger partial charge in [-0.25, -0.2) is 13.4 Å². The average Bonchev–Trinajstić information content (AvgIpc) is 3.10. The number of hydrogen-bond acceptors (Lipinski definition) is 6. The predicted molar refractivity (Wildman–Crippen MR) is 107 cm³/mol. The fourth-order valence-electron chi connectivity index (χ4n) is 2.30. The van der Waals surface area contributed by atoms with E-state index in [0.717, 1.165) is 28.5 Å². The molecule has 0 amide bonds. The summed E-state index contributed by atoms with van der Waals surface area (Å²) < 4.78 is 26.5. The van der Waals surface area contributed by atoms with Gasteiger partial charge < -0.3 is 5.32 Å². The van der Waals surface area contributed by atoms with Gasteiger partial charge in [0, 0.05) is 22.8 Å². The number of benzene rings is 1. The van der Waals surface area contributed by atoms with Crippen molar-refractivity contribution in [3.8, 4) is 11.3 Å². The highest BCUT2D eigenvalue weighted by atomic mass is 32.2. The molecule has 0 unspecified atom stereocenters. The van der Waals surface area contributed by atoms with Gasteiger partial charge in [0.05, 0.1) is 23.3 Å². The van der Waals surface area contributed by atoms with E-state index >= 15 is 0 Å². The Bertz CT molecular complexity index is 939. The van der Waals surface area contributed by atoms with Gasteiger partial charge in [-0.1, -0.05) is 25.5 Å². The first-order chi connectivity index (χ1) is 12.6. The molecule has 0 fully saturated rings. The number of aromatic nitrogens is 2. The van der Waals surface area contributed by atoms with E-state index in [-0.39, 0.29) is 5.75 Å². The second-order valence-corrected chi connectivity index (χ2v) is 8.46. The summed E-state index contributed by atoms with van der Waals surface area (Å²) in [4.78, 5) is 8.62. The van der Waals surface area contributed by atoms with Crippen LogP contribution < -0.4 is 10.0 Å². The van der Waals surface area contributed by atoms with Crippen LogP contribution in [-0.2, 0) is 10.0 Å². The van der Waals surface area contributed by atoms with Gasteiger partial charge in [-0.05, 0) is 30.7 Å². The van der Waals surface area contributed by atoms with Crippen LogP contribution in [0.1, 0.15) is 19.8 Å². The summed E-state index contributed by atoms with van der Waals surface area (Å²) in [5, 5.41) is 5.94. The number of sulfonamides is 1. The Balaban J connectivity index is 1.67. The van der Waals surface area contributed by atoms with Gasteiger partial charge >= 0.3 is 0 Å². The zero-order valence-electron chi connectivity index (χ0n) is 14.3. The normalized spacial score (nSPS) is 11.3. The zero-order chi connectivity index (χ0) is 18.4. The fraction of sp³-hybridized carbons (Fsp3) is 0.222. The van der Waals surface area contributed by atoms with Crippen LogP contribution in [-0.4, -0.2) is 24.1 Å². The number of unbranched alkanes of at least 4 members (excludes halogenated alkanes) is 1. The Morgan fingerprint density at radius 3 is 2.62 bits per heavy atom. The van der Waals surface area contributed by atoms with Gasteiger partial charge in [0.15, 0.2) is 5.13 Å². The van der Waals surface area contributed by atoms with E-state index in [1.54, 1.807) is 24.5 Å². The van der Waals surface area contributed by atoms with Crippen LogP contribution >= 0.6 is 11.3 Å². The van der Waals surface area contributed by atoms with Gasteiger partial charge in [-0.3, -0.25) is 9.71 Å². The predicted octanol–water partition coefficient (Wildman–Crippen LogP) is 4.49. The van der Waals surface area contributed by atoms with Crippen molar-refractivity contribution in [3.63, 3.8) is 0 Å². The molecule has 2 heterocycles. The molecule has 2 aromatic heterocycles. The topological polar surface area (TPSA) is 84.0 Å². The molecule has 136 valence electrons. The Morgan fingerprint density at radius 2 is 1.92 bits per heavy atom. The van der Waals surface area contributed by atoms with Crippen molar-refractivity contribution in [2.45, 2.75) is 19.8 Å². The highest BCUT2D eigenvalue weighted by Crippen LogP contribution is 2.27. The Morgan fingerprint density at radius 1 is 1.12 bits per heavy atom. The van der Waals surface area contributed by atoms with E-state index in [0.29, 0.717) is 12.1 Å². The molecule has 0 atom stereocenters. The molecule has 0 aliphatic rings. The van der Waals surface area contributed by atoms with Crippen molar-refractivity contribution in [1.29, 1.82) is 0 Å². The molecule has 0 aliphatic carbocycles. The summed E-state index contributed by atoms with van der Waals surface area (Å²) in [6.45, 7) is 1.97. The zero-order valence-corrected chi connectivity index (χ0v) is 16.0. The number of pyridine rings is 1. The second-order valence-electron chi connectivity index (χ2n) is 5.76. The number of nitrogens with one attached hydrogen (secondary N) is 2. The molecule has 0 spiro atoms. The average molecular weight is 389 g/mol. The van der Waals surface area contributed by atoms with Gasteiger partial charge in [0.2, 0.25) is 10.0 Å². The van der Waals surface area contributed by atoms with Crippen molar-refractivity contribution in [2.75, 3.05) is 15.8 Å². The lowest BCUT2D eigenvalue weighted by molar-refractivity contribution is 0.598. The van der Waals surface area contributed by atoms with E-state index in [2.05, 4.69) is 20.0 Å². The Kier molecular flexibility index (Phi) is 5.85. The maximum Gasteiger partial charge on any atom is 0.232 e. The molecule has 26 heavy (non-hydrogen) atoms. The van der Waals surface area contributed by atoms with Crippen molar-refractivity contribution in [1.82, 2.24) is 9.97 Å². The summed E-state index contributed by atoms with van der Waals surface area (Å²) in [5.74, 6) is 0.140. The number of thiazole rings is 1. The third-order valence-corrected chi connectivity index (χ3v) is 5.77. The standard InChI is InChI=1S/C18H20N4O2S2/c1-2-3-11-26(23,24)22-15-8-6-14(7-9-15)17-13-25-18(21-17)20-16-5-4-10-19-12-16/h4-10,12-13,22H,2-3,11H2,1H3,(H,20,21). The van der Waals surface area contributed by atoms with Crippen molar-refractivity contribution in [3.05, 3.63) is 54.2 Å². The smallest absolute Gasteiger partial charge is 0.232 e. The number of rotatable bonds is 8. The fourth-order valence-corrected chi connectivity index (χ4v) is 4.30. The number of nitrogens with zero attached hydrogens (tertiary/aromatic N) is 2. The van der Waals surface area contributed by atoms with Crippen LogP contribution in [0.25, 0.3) is 11.3 Å². The Labute approximate surface area is 157 Å². The molecule has 2 N–H and O–H groups in total. The maximum atomic E-state index is 12.0. The third kappa shape index (κ3) is 5.03.